The van der Waals surface area contributed by atoms with Crippen LogP contribution in [0.1, 0.15) is 37.8 Å². The molecule has 0 unspecified atom stereocenters. The van der Waals surface area contributed by atoms with Crippen molar-refractivity contribution in [2.45, 2.75) is 32.1 Å². The van der Waals surface area contributed by atoms with E-state index < -0.39 is 0 Å². The van der Waals surface area contributed by atoms with E-state index in [4.69, 9.17) is 4.74 Å². The molecule has 24 heavy (non-hydrogen) atoms. The maximum Gasteiger partial charge on any atom is 0.133 e. The van der Waals surface area contributed by atoms with Gasteiger partial charge in [0.25, 0.3) is 0 Å². The van der Waals surface area contributed by atoms with Crippen molar-refractivity contribution in [1.82, 2.24) is 5.32 Å². The summed E-state index contributed by atoms with van der Waals surface area (Å²) in [5.74, 6) is 1.55. The molecule has 0 spiro atoms. The minimum absolute atomic E-state index is 0.0321. The molecule has 0 aliphatic carbocycles. The summed E-state index contributed by atoms with van der Waals surface area (Å²) in [7, 11) is 0. The second-order valence-corrected chi connectivity index (χ2v) is 8.01. The van der Waals surface area contributed by atoms with Crippen LogP contribution < -0.4 is 10.1 Å². The van der Waals surface area contributed by atoms with Gasteiger partial charge in [0.2, 0.25) is 0 Å². The molecular formula is C21H26BrNO. The molecule has 1 atom stereocenters. The summed E-state index contributed by atoms with van der Waals surface area (Å²) in [5, 5.41) is 3.44. The fourth-order valence-electron chi connectivity index (χ4n) is 3.30. The van der Waals surface area contributed by atoms with Gasteiger partial charge in [0, 0.05) is 17.9 Å². The first-order chi connectivity index (χ1) is 11.6. The highest BCUT2D eigenvalue weighted by Crippen LogP contribution is 2.36. The van der Waals surface area contributed by atoms with Gasteiger partial charge < -0.3 is 10.1 Å². The normalized spacial score (nSPS) is 18.4. The molecule has 0 amide bonds. The van der Waals surface area contributed by atoms with Gasteiger partial charge in [-0.05, 0) is 58.6 Å². The van der Waals surface area contributed by atoms with Crippen LogP contribution in [-0.4, -0.2) is 19.7 Å². The average Bonchev–Trinajstić information content (AvgIpc) is 2.62. The number of ether oxygens (including phenoxy) is 1. The third kappa shape index (κ3) is 4.01. The molecule has 2 nitrogen and oxygen atoms in total. The molecule has 0 bridgehead atoms. The number of rotatable bonds is 5. The molecule has 1 N–H and O–H groups in total. The molecule has 128 valence electrons. The molecule has 0 aromatic heterocycles. The Morgan fingerprint density at radius 2 is 1.92 bits per heavy atom. The van der Waals surface area contributed by atoms with Crippen molar-refractivity contribution in [3.63, 3.8) is 0 Å². The van der Waals surface area contributed by atoms with Crippen LogP contribution in [0.15, 0.2) is 53.0 Å². The predicted molar refractivity (Wildman–Crippen MR) is 104 cm³/mol. The van der Waals surface area contributed by atoms with Gasteiger partial charge in [-0.1, -0.05) is 50.2 Å². The van der Waals surface area contributed by atoms with E-state index in [0.717, 1.165) is 29.9 Å². The lowest BCUT2D eigenvalue weighted by atomic mass is 9.78. The van der Waals surface area contributed by atoms with Crippen LogP contribution in [0.25, 0.3) is 0 Å². The number of halogens is 1. The number of benzene rings is 2. The minimum Gasteiger partial charge on any atom is -0.492 e. The van der Waals surface area contributed by atoms with Gasteiger partial charge in [-0.3, -0.25) is 0 Å². The van der Waals surface area contributed by atoms with Crippen molar-refractivity contribution in [2.24, 2.45) is 5.92 Å². The van der Waals surface area contributed by atoms with Crippen LogP contribution in [0.3, 0.4) is 0 Å². The molecule has 1 fully saturated rings. The average molecular weight is 388 g/mol. The standard InChI is InChI=1S/C21H26BrNO/c1-21(2,17-8-4-3-5-9-17)18-10-11-20(19(22)13-18)24-15-16-7-6-12-23-14-16/h3-5,8-11,13,16,23H,6-7,12,14-15H2,1-2H3/t16-/m0/s1. The van der Waals surface area contributed by atoms with Crippen LogP contribution in [0.4, 0.5) is 0 Å². The highest BCUT2D eigenvalue weighted by molar-refractivity contribution is 9.10. The van der Waals surface area contributed by atoms with Crippen molar-refractivity contribution in [2.75, 3.05) is 19.7 Å². The lowest BCUT2D eigenvalue weighted by molar-refractivity contribution is 0.217. The first kappa shape index (κ1) is 17.5. The van der Waals surface area contributed by atoms with Crippen molar-refractivity contribution in [3.05, 3.63) is 64.1 Å². The topological polar surface area (TPSA) is 21.3 Å². The summed E-state index contributed by atoms with van der Waals surface area (Å²) in [6, 6.07) is 17.1. The first-order valence-corrected chi connectivity index (χ1v) is 9.56. The minimum atomic E-state index is -0.0321. The van der Waals surface area contributed by atoms with Crippen LogP contribution >= 0.6 is 15.9 Å². The summed E-state index contributed by atoms with van der Waals surface area (Å²) in [6.45, 7) is 7.52. The van der Waals surface area contributed by atoms with Gasteiger partial charge in [-0.2, -0.15) is 0 Å². The van der Waals surface area contributed by atoms with Gasteiger partial charge in [0.05, 0.1) is 11.1 Å². The Morgan fingerprint density at radius 1 is 1.12 bits per heavy atom. The fourth-order valence-corrected chi connectivity index (χ4v) is 3.80. The highest BCUT2D eigenvalue weighted by atomic mass is 79.9. The number of nitrogens with one attached hydrogen (secondary N) is 1. The van der Waals surface area contributed by atoms with E-state index in [-0.39, 0.29) is 5.41 Å². The zero-order valence-electron chi connectivity index (χ0n) is 14.5. The summed E-state index contributed by atoms with van der Waals surface area (Å²) in [4.78, 5) is 0. The Kier molecular flexibility index (Phi) is 5.62. The van der Waals surface area contributed by atoms with E-state index in [0.29, 0.717) is 5.92 Å². The molecule has 0 saturated carbocycles. The van der Waals surface area contributed by atoms with E-state index in [9.17, 15) is 0 Å². The zero-order valence-corrected chi connectivity index (χ0v) is 16.1. The van der Waals surface area contributed by atoms with Crippen molar-refractivity contribution >= 4 is 15.9 Å². The van der Waals surface area contributed by atoms with E-state index in [1.54, 1.807) is 0 Å². The Hall–Kier alpha value is -1.32. The molecule has 3 heteroatoms. The second kappa shape index (κ2) is 7.71. The van der Waals surface area contributed by atoms with Crippen molar-refractivity contribution in [3.8, 4) is 5.75 Å². The fraction of sp³-hybridized carbons (Fsp3) is 0.429. The molecule has 1 heterocycles. The molecule has 1 aliphatic rings. The maximum absolute atomic E-state index is 6.06. The van der Waals surface area contributed by atoms with Crippen molar-refractivity contribution < 1.29 is 4.74 Å². The van der Waals surface area contributed by atoms with Gasteiger partial charge >= 0.3 is 0 Å². The largest absolute Gasteiger partial charge is 0.492 e. The summed E-state index contributed by atoms with van der Waals surface area (Å²) < 4.78 is 7.10. The Labute approximate surface area is 153 Å². The van der Waals surface area contributed by atoms with Crippen LogP contribution in [-0.2, 0) is 5.41 Å². The first-order valence-electron chi connectivity index (χ1n) is 8.76. The van der Waals surface area contributed by atoms with Crippen molar-refractivity contribution in [1.29, 1.82) is 0 Å². The second-order valence-electron chi connectivity index (χ2n) is 7.16. The van der Waals surface area contributed by atoms with Gasteiger partial charge in [-0.25, -0.2) is 0 Å². The molecular weight excluding hydrogens is 362 g/mol. The zero-order chi connectivity index (χ0) is 17.0. The molecule has 2 aromatic carbocycles. The van der Waals surface area contributed by atoms with E-state index >= 15 is 0 Å². The molecule has 2 aromatic rings. The van der Waals surface area contributed by atoms with E-state index in [1.165, 1.54) is 24.0 Å². The third-order valence-electron chi connectivity index (χ3n) is 5.02. The Bertz CT molecular complexity index is 663. The van der Waals surface area contributed by atoms with Crippen LogP contribution in [0.2, 0.25) is 0 Å². The Morgan fingerprint density at radius 3 is 2.58 bits per heavy atom. The monoisotopic (exact) mass is 387 g/mol. The third-order valence-corrected chi connectivity index (χ3v) is 5.64. The SMILES string of the molecule is CC(C)(c1ccccc1)c1ccc(OC[C@H]2CCCNC2)c(Br)c1. The molecule has 1 aliphatic heterocycles. The smallest absolute Gasteiger partial charge is 0.133 e. The summed E-state index contributed by atoms with van der Waals surface area (Å²) in [5.41, 5.74) is 2.57. The van der Waals surface area contributed by atoms with E-state index in [2.05, 4.69) is 83.6 Å². The summed E-state index contributed by atoms with van der Waals surface area (Å²) >= 11 is 3.70. The van der Waals surface area contributed by atoms with Gasteiger partial charge in [0.15, 0.2) is 0 Å². The van der Waals surface area contributed by atoms with Crippen LogP contribution in [0.5, 0.6) is 5.75 Å². The van der Waals surface area contributed by atoms with E-state index in [1.807, 2.05) is 0 Å². The molecule has 3 rings (SSSR count). The highest BCUT2D eigenvalue weighted by Gasteiger charge is 2.24. The predicted octanol–water partition coefficient (Wildman–Crippen LogP) is 5.15. The maximum atomic E-state index is 6.06. The number of hydrogen-bond donors (Lipinski definition) is 1. The lowest BCUT2D eigenvalue weighted by Gasteiger charge is -2.27. The quantitative estimate of drug-likeness (QED) is 0.765. The Balaban J connectivity index is 1.72. The lowest BCUT2D eigenvalue weighted by Crippen LogP contribution is -2.33. The summed E-state index contributed by atoms with van der Waals surface area (Å²) in [6.07, 6.45) is 2.50. The van der Waals surface area contributed by atoms with Gasteiger partial charge in [-0.15, -0.1) is 0 Å². The van der Waals surface area contributed by atoms with Gasteiger partial charge in [0.1, 0.15) is 5.75 Å². The molecule has 0 radical (unpaired) electrons. The number of hydrogen-bond acceptors (Lipinski definition) is 2. The van der Waals surface area contributed by atoms with Crippen LogP contribution in [0, 0.1) is 5.92 Å². The molecule has 1 saturated heterocycles. The number of piperidine rings is 1.